The van der Waals surface area contributed by atoms with Crippen molar-refractivity contribution in [2.24, 2.45) is 0 Å². The topological polar surface area (TPSA) is 89.4 Å². The molecule has 0 fully saturated rings. The van der Waals surface area contributed by atoms with Gasteiger partial charge in [-0.15, -0.1) is 0 Å². The summed E-state index contributed by atoms with van der Waals surface area (Å²) >= 11 is 0. The first-order valence-corrected chi connectivity index (χ1v) is 9.22. The smallest absolute Gasteiger partial charge is 0.342 e. The molecule has 2 aromatic heterocycles. The molecule has 5 rings (SSSR count). The molecule has 0 bridgehead atoms. The van der Waals surface area contributed by atoms with E-state index in [9.17, 15) is 4.79 Å². The van der Waals surface area contributed by atoms with Crippen LogP contribution in [0, 0.1) is 6.92 Å². The fourth-order valence-electron chi connectivity index (χ4n) is 4.08. The van der Waals surface area contributed by atoms with Crippen LogP contribution in [0.3, 0.4) is 0 Å². The number of para-hydroxylation sites is 1. The monoisotopic (exact) mass is 389 g/mol. The van der Waals surface area contributed by atoms with E-state index in [1.54, 1.807) is 20.3 Å². The van der Waals surface area contributed by atoms with E-state index in [2.05, 4.69) is 15.5 Å². The molecule has 0 saturated carbocycles. The van der Waals surface area contributed by atoms with Gasteiger partial charge in [-0.25, -0.2) is 4.79 Å². The van der Waals surface area contributed by atoms with Crippen molar-refractivity contribution in [3.8, 4) is 11.5 Å². The van der Waals surface area contributed by atoms with Crippen molar-refractivity contribution < 1.29 is 13.9 Å². The van der Waals surface area contributed by atoms with Gasteiger partial charge in [-0.05, 0) is 25.1 Å². The number of anilines is 2. The molecule has 0 radical (unpaired) electrons. The number of methoxy groups -OCH3 is 2. The first-order chi connectivity index (χ1) is 14.1. The quantitative estimate of drug-likeness (QED) is 0.452. The van der Waals surface area contributed by atoms with E-state index in [4.69, 9.17) is 13.9 Å². The highest BCUT2D eigenvalue weighted by atomic mass is 16.5. The fourth-order valence-corrected chi connectivity index (χ4v) is 4.08. The van der Waals surface area contributed by atoms with E-state index in [1.165, 1.54) is 0 Å². The minimum absolute atomic E-state index is 0.389. The lowest BCUT2D eigenvalue weighted by molar-refractivity contribution is 0.390. The second-order valence-corrected chi connectivity index (χ2v) is 6.95. The SMILES string of the molecule is COc1ccc(C2c3c(n[nH]c3C)Nc3c2c(=O)oc2ccccc32)c(OC)c1. The minimum atomic E-state index is -0.401. The molecule has 2 N–H and O–H groups in total. The maximum absolute atomic E-state index is 13.1. The highest BCUT2D eigenvalue weighted by molar-refractivity contribution is 5.95. The number of fused-ring (bicyclic) bond motifs is 4. The molecular weight excluding hydrogens is 370 g/mol. The maximum atomic E-state index is 13.1. The number of aromatic nitrogens is 2. The van der Waals surface area contributed by atoms with Gasteiger partial charge in [0.2, 0.25) is 0 Å². The summed E-state index contributed by atoms with van der Waals surface area (Å²) in [4.78, 5) is 13.1. The highest BCUT2D eigenvalue weighted by Crippen LogP contribution is 2.48. The Bertz CT molecular complexity index is 1310. The zero-order valence-corrected chi connectivity index (χ0v) is 16.2. The maximum Gasteiger partial charge on any atom is 0.342 e. The number of ether oxygens (including phenoxy) is 2. The molecule has 0 amide bonds. The average molecular weight is 389 g/mol. The molecule has 1 atom stereocenters. The Balaban J connectivity index is 1.87. The molecule has 3 heterocycles. The first-order valence-electron chi connectivity index (χ1n) is 9.22. The summed E-state index contributed by atoms with van der Waals surface area (Å²) in [6.45, 7) is 1.93. The Kier molecular flexibility index (Phi) is 3.84. The van der Waals surface area contributed by atoms with Gasteiger partial charge in [-0.2, -0.15) is 5.10 Å². The van der Waals surface area contributed by atoms with Crippen LogP contribution in [0.5, 0.6) is 11.5 Å². The number of H-pyrrole nitrogens is 1. The lowest BCUT2D eigenvalue weighted by atomic mass is 9.81. The van der Waals surface area contributed by atoms with Gasteiger partial charge in [-0.3, -0.25) is 5.10 Å². The van der Waals surface area contributed by atoms with E-state index >= 15 is 0 Å². The van der Waals surface area contributed by atoms with Gasteiger partial charge in [0.25, 0.3) is 0 Å². The van der Waals surface area contributed by atoms with Crippen LogP contribution < -0.4 is 20.4 Å². The summed E-state index contributed by atoms with van der Waals surface area (Å²) < 4.78 is 16.7. The van der Waals surface area contributed by atoms with Crippen molar-refractivity contribution >= 4 is 22.5 Å². The molecular formula is C22H19N3O4. The van der Waals surface area contributed by atoms with Crippen molar-refractivity contribution in [3.63, 3.8) is 0 Å². The number of rotatable bonds is 3. The number of hydrogen-bond acceptors (Lipinski definition) is 6. The molecule has 0 saturated heterocycles. The second-order valence-electron chi connectivity index (χ2n) is 6.95. The van der Waals surface area contributed by atoms with Crippen LogP contribution in [0.15, 0.2) is 51.7 Å². The van der Waals surface area contributed by atoms with E-state index in [0.717, 1.165) is 22.2 Å². The predicted octanol–water partition coefficient (Wildman–Crippen LogP) is 4.08. The molecule has 0 aliphatic carbocycles. The second kappa shape index (κ2) is 6.41. The van der Waals surface area contributed by atoms with E-state index in [1.807, 2.05) is 43.3 Å². The Morgan fingerprint density at radius 1 is 1.07 bits per heavy atom. The normalized spacial score (nSPS) is 14.8. The third kappa shape index (κ3) is 2.51. The third-order valence-corrected chi connectivity index (χ3v) is 5.42. The van der Waals surface area contributed by atoms with Crippen molar-refractivity contribution in [3.05, 3.63) is 75.3 Å². The van der Waals surface area contributed by atoms with Gasteiger partial charge in [0.15, 0.2) is 5.82 Å². The summed E-state index contributed by atoms with van der Waals surface area (Å²) in [7, 11) is 3.21. The molecule has 2 aromatic carbocycles. The number of benzene rings is 2. The lowest BCUT2D eigenvalue weighted by Gasteiger charge is -2.28. The molecule has 1 aliphatic heterocycles. The summed E-state index contributed by atoms with van der Waals surface area (Å²) in [6.07, 6.45) is 0. The number of nitrogens with one attached hydrogen (secondary N) is 2. The molecule has 1 unspecified atom stereocenters. The molecule has 146 valence electrons. The standard InChI is InChI=1S/C22H19N3O4/c1-11-17-18(13-9-8-12(27-2)10-16(13)28-3)19-20(23-21(17)25-24-11)14-6-4-5-7-15(14)29-22(19)26/h4-10,18H,1-3H3,(H2,23,24,25). The molecule has 0 spiro atoms. The van der Waals surface area contributed by atoms with E-state index in [0.29, 0.717) is 34.2 Å². The largest absolute Gasteiger partial charge is 0.497 e. The molecule has 29 heavy (non-hydrogen) atoms. The van der Waals surface area contributed by atoms with Crippen LogP contribution in [-0.2, 0) is 0 Å². The molecule has 4 aromatic rings. The Labute approximate surface area is 166 Å². The number of aryl methyl sites for hydroxylation is 1. The van der Waals surface area contributed by atoms with Crippen LogP contribution in [0.25, 0.3) is 11.0 Å². The molecule has 7 heteroatoms. The van der Waals surface area contributed by atoms with Gasteiger partial charge in [0.05, 0.1) is 31.4 Å². The minimum Gasteiger partial charge on any atom is -0.497 e. The Morgan fingerprint density at radius 3 is 2.69 bits per heavy atom. The third-order valence-electron chi connectivity index (χ3n) is 5.42. The Morgan fingerprint density at radius 2 is 1.90 bits per heavy atom. The fraction of sp³-hybridized carbons (Fsp3) is 0.182. The average Bonchev–Trinajstić information content (AvgIpc) is 3.12. The van der Waals surface area contributed by atoms with Gasteiger partial charge >= 0.3 is 5.63 Å². The van der Waals surface area contributed by atoms with Crippen LogP contribution >= 0.6 is 0 Å². The zero-order chi connectivity index (χ0) is 20.1. The van der Waals surface area contributed by atoms with Crippen molar-refractivity contribution in [1.29, 1.82) is 0 Å². The van der Waals surface area contributed by atoms with Gasteiger partial charge < -0.3 is 19.2 Å². The predicted molar refractivity (Wildman–Crippen MR) is 110 cm³/mol. The zero-order valence-electron chi connectivity index (χ0n) is 16.2. The van der Waals surface area contributed by atoms with E-state index in [-0.39, 0.29) is 5.63 Å². The van der Waals surface area contributed by atoms with Crippen LogP contribution in [0.1, 0.15) is 28.3 Å². The van der Waals surface area contributed by atoms with Crippen LogP contribution in [0.4, 0.5) is 11.5 Å². The lowest BCUT2D eigenvalue weighted by Crippen LogP contribution is -2.23. The summed E-state index contributed by atoms with van der Waals surface area (Å²) in [6, 6.07) is 13.1. The van der Waals surface area contributed by atoms with Crippen LogP contribution in [0.2, 0.25) is 0 Å². The number of hydrogen-bond donors (Lipinski definition) is 2. The van der Waals surface area contributed by atoms with Crippen molar-refractivity contribution in [2.75, 3.05) is 19.5 Å². The number of nitrogens with zero attached hydrogens (tertiary/aromatic N) is 1. The molecule has 7 nitrogen and oxygen atoms in total. The summed E-state index contributed by atoms with van der Waals surface area (Å²) in [5, 5.41) is 11.6. The first kappa shape index (κ1) is 17.4. The van der Waals surface area contributed by atoms with Gasteiger partial charge in [0.1, 0.15) is 17.1 Å². The van der Waals surface area contributed by atoms with Gasteiger partial charge in [-0.1, -0.05) is 18.2 Å². The Hall–Kier alpha value is -3.74. The van der Waals surface area contributed by atoms with Gasteiger partial charge in [0, 0.05) is 28.3 Å². The summed E-state index contributed by atoms with van der Waals surface area (Å²) in [5.41, 5.74) is 3.98. The summed E-state index contributed by atoms with van der Waals surface area (Å²) in [5.74, 6) is 1.59. The highest BCUT2D eigenvalue weighted by Gasteiger charge is 2.36. The van der Waals surface area contributed by atoms with E-state index < -0.39 is 5.92 Å². The van der Waals surface area contributed by atoms with Crippen LogP contribution in [-0.4, -0.2) is 24.4 Å². The van der Waals surface area contributed by atoms with Crippen molar-refractivity contribution in [1.82, 2.24) is 10.2 Å². The van der Waals surface area contributed by atoms with Crippen molar-refractivity contribution in [2.45, 2.75) is 12.8 Å². The molecule has 1 aliphatic rings. The number of aromatic amines is 1.